The van der Waals surface area contributed by atoms with Gasteiger partial charge in [0, 0.05) is 37.0 Å². The zero-order valence-electron chi connectivity index (χ0n) is 16.0. The molecule has 1 atom stereocenters. The van der Waals surface area contributed by atoms with Gasteiger partial charge in [-0.25, -0.2) is 4.39 Å². The summed E-state index contributed by atoms with van der Waals surface area (Å²) in [6.45, 7) is 1.64. The third-order valence-electron chi connectivity index (χ3n) is 5.93. The first-order chi connectivity index (χ1) is 14.1. The minimum atomic E-state index is -0.558. The van der Waals surface area contributed by atoms with Crippen molar-refractivity contribution >= 4 is 5.91 Å². The Morgan fingerprint density at radius 3 is 2.79 bits per heavy atom. The van der Waals surface area contributed by atoms with E-state index in [2.05, 4.69) is 23.2 Å². The van der Waals surface area contributed by atoms with E-state index in [9.17, 15) is 9.18 Å². The summed E-state index contributed by atoms with van der Waals surface area (Å²) in [4.78, 5) is 16.3. The lowest BCUT2D eigenvalue weighted by Crippen LogP contribution is -2.16. The summed E-state index contributed by atoms with van der Waals surface area (Å²) < 4.78 is 20.0. The summed E-state index contributed by atoms with van der Waals surface area (Å²) in [7, 11) is 0. The normalized spacial score (nSPS) is 17.2. The SMILES string of the molecule is NC(=O)c1ncc(-c2ccccc2F)c2c1Cc1cc(CC3CCOC3)ccc1-2. The third-order valence-corrected chi connectivity index (χ3v) is 5.93. The monoisotopic (exact) mass is 388 g/mol. The predicted octanol–water partition coefficient (Wildman–Crippen LogP) is 4.14. The molecule has 2 heterocycles. The lowest BCUT2D eigenvalue weighted by molar-refractivity contribution is 0.0995. The summed E-state index contributed by atoms with van der Waals surface area (Å²) in [6, 6.07) is 13.1. The number of halogens is 1. The Kier molecular flexibility index (Phi) is 4.40. The van der Waals surface area contributed by atoms with Crippen LogP contribution in [0.5, 0.6) is 0 Å². The minimum Gasteiger partial charge on any atom is -0.381 e. The first-order valence-corrected chi connectivity index (χ1v) is 9.88. The van der Waals surface area contributed by atoms with Crippen LogP contribution >= 0.6 is 0 Å². The van der Waals surface area contributed by atoms with Crippen LogP contribution in [0.4, 0.5) is 4.39 Å². The molecular weight excluding hydrogens is 367 g/mol. The van der Waals surface area contributed by atoms with Gasteiger partial charge in [0.1, 0.15) is 11.5 Å². The molecule has 2 aromatic carbocycles. The zero-order chi connectivity index (χ0) is 20.0. The first-order valence-electron chi connectivity index (χ1n) is 9.88. The number of nitrogens with two attached hydrogens (primary N) is 1. The average molecular weight is 388 g/mol. The number of aromatic nitrogens is 1. The van der Waals surface area contributed by atoms with Crippen molar-refractivity contribution < 1.29 is 13.9 Å². The number of hydrogen-bond donors (Lipinski definition) is 1. The van der Waals surface area contributed by atoms with Gasteiger partial charge in [-0.2, -0.15) is 0 Å². The summed E-state index contributed by atoms with van der Waals surface area (Å²) in [5.41, 5.74) is 12.1. The Labute approximate surface area is 168 Å². The van der Waals surface area contributed by atoms with Crippen molar-refractivity contribution in [1.82, 2.24) is 4.98 Å². The molecule has 2 aliphatic rings. The highest BCUT2D eigenvalue weighted by atomic mass is 19.1. The van der Waals surface area contributed by atoms with E-state index in [4.69, 9.17) is 10.5 Å². The maximum absolute atomic E-state index is 14.5. The molecule has 0 saturated carbocycles. The van der Waals surface area contributed by atoms with Gasteiger partial charge in [-0.05, 0) is 52.6 Å². The van der Waals surface area contributed by atoms with Crippen molar-refractivity contribution in [2.75, 3.05) is 13.2 Å². The van der Waals surface area contributed by atoms with E-state index >= 15 is 0 Å². The van der Waals surface area contributed by atoms with E-state index in [0.717, 1.165) is 48.3 Å². The smallest absolute Gasteiger partial charge is 0.267 e. The molecule has 5 rings (SSSR count). The highest BCUT2D eigenvalue weighted by molar-refractivity contribution is 5.99. The van der Waals surface area contributed by atoms with Gasteiger partial charge in [0.2, 0.25) is 0 Å². The number of carbonyl (C=O) groups is 1. The van der Waals surface area contributed by atoms with E-state index < -0.39 is 5.91 Å². The maximum Gasteiger partial charge on any atom is 0.267 e. The summed E-state index contributed by atoms with van der Waals surface area (Å²) in [5, 5.41) is 0. The molecular formula is C24H21FN2O2. The first kappa shape index (κ1) is 18.0. The average Bonchev–Trinajstić information content (AvgIpc) is 3.35. The Hall–Kier alpha value is -3.05. The van der Waals surface area contributed by atoms with Crippen LogP contribution in [0.25, 0.3) is 22.3 Å². The van der Waals surface area contributed by atoms with Gasteiger partial charge >= 0.3 is 0 Å². The highest BCUT2D eigenvalue weighted by Crippen LogP contribution is 2.44. The molecule has 1 fully saturated rings. The van der Waals surface area contributed by atoms with E-state index in [1.807, 2.05) is 0 Å². The van der Waals surface area contributed by atoms with Crippen LogP contribution in [0, 0.1) is 11.7 Å². The van der Waals surface area contributed by atoms with Gasteiger partial charge in [-0.1, -0.05) is 36.4 Å². The summed E-state index contributed by atoms with van der Waals surface area (Å²) >= 11 is 0. The number of carbonyl (C=O) groups excluding carboxylic acids is 1. The molecule has 1 amide bonds. The van der Waals surface area contributed by atoms with E-state index in [1.54, 1.807) is 24.4 Å². The Bertz CT molecular complexity index is 1120. The molecule has 4 nitrogen and oxygen atoms in total. The molecule has 5 heteroatoms. The topological polar surface area (TPSA) is 65.2 Å². The van der Waals surface area contributed by atoms with Crippen LogP contribution < -0.4 is 5.73 Å². The molecule has 0 spiro atoms. The number of rotatable bonds is 4. The second kappa shape index (κ2) is 7.08. The largest absolute Gasteiger partial charge is 0.381 e. The molecule has 1 aliphatic carbocycles. The number of pyridine rings is 1. The van der Waals surface area contributed by atoms with Crippen LogP contribution in [0.3, 0.4) is 0 Å². The second-order valence-corrected chi connectivity index (χ2v) is 7.82. The molecule has 29 heavy (non-hydrogen) atoms. The van der Waals surface area contributed by atoms with Gasteiger partial charge in [0.25, 0.3) is 5.91 Å². The molecule has 3 aromatic rings. The predicted molar refractivity (Wildman–Crippen MR) is 109 cm³/mol. The van der Waals surface area contributed by atoms with Crippen LogP contribution in [0.2, 0.25) is 0 Å². The van der Waals surface area contributed by atoms with E-state index in [1.165, 1.54) is 11.6 Å². The minimum absolute atomic E-state index is 0.266. The molecule has 1 unspecified atom stereocenters. The molecule has 0 bridgehead atoms. The molecule has 1 aromatic heterocycles. The fraction of sp³-hybridized carbons (Fsp3) is 0.250. The van der Waals surface area contributed by atoms with Crippen molar-refractivity contribution in [1.29, 1.82) is 0 Å². The van der Waals surface area contributed by atoms with Gasteiger partial charge in [0.05, 0.1) is 0 Å². The number of amides is 1. The quantitative estimate of drug-likeness (QED) is 0.572. The molecule has 2 N–H and O–H groups in total. The van der Waals surface area contributed by atoms with Gasteiger partial charge in [-0.15, -0.1) is 0 Å². The molecule has 1 aliphatic heterocycles. The fourth-order valence-corrected chi connectivity index (χ4v) is 4.56. The van der Waals surface area contributed by atoms with Gasteiger partial charge < -0.3 is 10.5 Å². The standard InChI is InChI=1S/C24H21FN2O2/c25-21-4-2-1-3-18(21)20-12-27-23(24(26)28)19-11-16-10-14(5-6-17(16)22(19)20)9-15-7-8-29-13-15/h1-6,10,12,15H,7-9,11,13H2,(H2,26,28). The number of fused-ring (bicyclic) bond motifs is 3. The highest BCUT2D eigenvalue weighted by Gasteiger charge is 2.29. The van der Waals surface area contributed by atoms with Crippen LogP contribution in [0.1, 0.15) is 33.6 Å². The number of nitrogens with zero attached hydrogens (tertiary/aromatic N) is 1. The number of benzene rings is 2. The zero-order valence-corrected chi connectivity index (χ0v) is 16.0. The lowest BCUT2D eigenvalue weighted by atomic mass is 9.93. The lowest BCUT2D eigenvalue weighted by Gasteiger charge is -2.13. The van der Waals surface area contributed by atoms with Crippen molar-refractivity contribution in [2.45, 2.75) is 19.3 Å². The Morgan fingerprint density at radius 2 is 2.03 bits per heavy atom. The second-order valence-electron chi connectivity index (χ2n) is 7.82. The molecule has 0 radical (unpaired) electrons. The van der Waals surface area contributed by atoms with Crippen molar-refractivity contribution in [3.05, 3.63) is 76.9 Å². The molecule has 146 valence electrons. The van der Waals surface area contributed by atoms with E-state index in [0.29, 0.717) is 23.5 Å². The van der Waals surface area contributed by atoms with Crippen LogP contribution in [-0.2, 0) is 17.6 Å². The maximum atomic E-state index is 14.5. The Balaban J connectivity index is 1.63. The summed E-state index contributed by atoms with van der Waals surface area (Å²) in [6.07, 6.45) is 4.21. The van der Waals surface area contributed by atoms with Gasteiger partial charge in [-0.3, -0.25) is 9.78 Å². The number of primary amides is 1. The van der Waals surface area contributed by atoms with Crippen molar-refractivity contribution in [3.63, 3.8) is 0 Å². The van der Waals surface area contributed by atoms with Crippen LogP contribution in [0.15, 0.2) is 48.7 Å². The number of hydrogen-bond acceptors (Lipinski definition) is 3. The van der Waals surface area contributed by atoms with Crippen LogP contribution in [-0.4, -0.2) is 24.1 Å². The fourth-order valence-electron chi connectivity index (χ4n) is 4.56. The van der Waals surface area contributed by atoms with E-state index in [-0.39, 0.29) is 11.5 Å². The third kappa shape index (κ3) is 3.12. The summed E-state index contributed by atoms with van der Waals surface area (Å²) in [5.74, 6) is -0.319. The molecule has 1 saturated heterocycles. The number of ether oxygens (including phenoxy) is 1. The van der Waals surface area contributed by atoms with Gasteiger partial charge in [0.15, 0.2) is 0 Å². The Morgan fingerprint density at radius 1 is 1.17 bits per heavy atom. The van der Waals surface area contributed by atoms with Crippen molar-refractivity contribution in [2.24, 2.45) is 11.7 Å². The van der Waals surface area contributed by atoms with Crippen molar-refractivity contribution in [3.8, 4) is 22.3 Å².